The highest BCUT2D eigenvalue weighted by Crippen LogP contribution is 2.39. The van der Waals surface area contributed by atoms with Crippen molar-refractivity contribution in [2.45, 2.75) is 0 Å². The first kappa shape index (κ1) is 26.9. The molecular weight excluding hydrogens is 574 g/mol. The van der Waals surface area contributed by atoms with Crippen molar-refractivity contribution in [2.24, 2.45) is 0 Å². The van der Waals surface area contributed by atoms with Gasteiger partial charge in [-0.15, -0.1) is 5.10 Å². The molecule has 0 unspecified atom stereocenters. The molecule has 9 aromatic rings. The van der Waals surface area contributed by atoms with Crippen LogP contribution in [0.3, 0.4) is 0 Å². The summed E-state index contributed by atoms with van der Waals surface area (Å²) in [6, 6.07) is 61.9. The Labute approximate surface area is 272 Å². The summed E-state index contributed by atoms with van der Waals surface area (Å²) in [6.07, 6.45) is 0. The summed E-state index contributed by atoms with van der Waals surface area (Å²) in [5, 5.41) is 11.2. The van der Waals surface area contributed by atoms with Crippen molar-refractivity contribution in [2.75, 3.05) is 4.90 Å². The SMILES string of the molecule is c1ccc(N(c2ccccc2)c2ccc3c(c2)c2ccccc2n3-c2ccc(-c3cccc(-n4nnc5ccccc54)c3)cc2)cc1. The third-order valence-electron chi connectivity index (χ3n) is 8.84. The number of fused-ring (bicyclic) bond motifs is 4. The van der Waals surface area contributed by atoms with Crippen LogP contribution in [0.4, 0.5) is 17.1 Å². The molecule has 0 aliphatic heterocycles. The molecule has 5 nitrogen and oxygen atoms in total. The molecule has 0 bridgehead atoms. The Hall–Kier alpha value is -6.46. The van der Waals surface area contributed by atoms with Crippen LogP contribution in [0.25, 0.3) is 55.3 Å². The Kier molecular flexibility index (Phi) is 6.39. The van der Waals surface area contributed by atoms with Gasteiger partial charge in [0.05, 0.1) is 22.2 Å². The summed E-state index contributed by atoms with van der Waals surface area (Å²) in [5.74, 6) is 0. The Balaban J connectivity index is 1.13. The molecule has 47 heavy (non-hydrogen) atoms. The molecule has 9 rings (SSSR count). The fourth-order valence-corrected chi connectivity index (χ4v) is 6.66. The zero-order valence-corrected chi connectivity index (χ0v) is 25.5. The molecule has 0 saturated heterocycles. The molecule has 2 aromatic heterocycles. The molecule has 5 heteroatoms. The fourth-order valence-electron chi connectivity index (χ4n) is 6.66. The fraction of sp³-hybridized carbons (Fsp3) is 0. The van der Waals surface area contributed by atoms with Gasteiger partial charge in [-0.2, -0.15) is 0 Å². The number of anilines is 3. The summed E-state index contributed by atoms with van der Waals surface area (Å²) < 4.78 is 4.27. The first-order valence-corrected chi connectivity index (χ1v) is 15.8. The van der Waals surface area contributed by atoms with Crippen LogP contribution >= 0.6 is 0 Å². The van der Waals surface area contributed by atoms with Gasteiger partial charge in [-0.3, -0.25) is 0 Å². The molecule has 0 N–H and O–H groups in total. The summed E-state index contributed by atoms with van der Waals surface area (Å²) in [5.41, 5.74) is 12.0. The van der Waals surface area contributed by atoms with Crippen LogP contribution in [-0.4, -0.2) is 19.6 Å². The van der Waals surface area contributed by atoms with E-state index in [9.17, 15) is 0 Å². The molecule has 0 fully saturated rings. The lowest BCUT2D eigenvalue weighted by molar-refractivity contribution is 0.824. The second-order valence-corrected chi connectivity index (χ2v) is 11.6. The van der Waals surface area contributed by atoms with Gasteiger partial charge in [-0.05, 0) is 96.1 Å². The van der Waals surface area contributed by atoms with Gasteiger partial charge in [0.25, 0.3) is 0 Å². The predicted molar refractivity (Wildman–Crippen MR) is 193 cm³/mol. The summed E-state index contributed by atoms with van der Waals surface area (Å²) in [7, 11) is 0. The highest BCUT2D eigenvalue weighted by atomic mass is 15.4. The lowest BCUT2D eigenvalue weighted by Crippen LogP contribution is -2.09. The Bertz CT molecular complexity index is 2470. The summed E-state index contributed by atoms with van der Waals surface area (Å²) >= 11 is 0. The number of para-hydroxylation sites is 4. The number of benzene rings is 7. The number of aromatic nitrogens is 4. The Morgan fingerprint density at radius 1 is 0.404 bits per heavy atom. The minimum Gasteiger partial charge on any atom is -0.310 e. The summed E-state index contributed by atoms with van der Waals surface area (Å²) in [6.45, 7) is 0. The first-order chi connectivity index (χ1) is 23.3. The van der Waals surface area contributed by atoms with Crippen molar-refractivity contribution in [3.8, 4) is 22.5 Å². The van der Waals surface area contributed by atoms with E-state index in [2.05, 4.69) is 171 Å². The van der Waals surface area contributed by atoms with Crippen LogP contribution in [0.2, 0.25) is 0 Å². The van der Waals surface area contributed by atoms with Crippen molar-refractivity contribution in [1.29, 1.82) is 0 Å². The predicted octanol–water partition coefficient (Wildman–Crippen LogP) is 10.7. The van der Waals surface area contributed by atoms with E-state index in [0.29, 0.717) is 0 Å². The van der Waals surface area contributed by atoms with Crippen LogP contribution in [0.1, 0.15) is 0 Å². The van der Waals surface area contributed by atoms with Crippen LogP contribution in [0.5, 0.6) is 0 Å². The molecule has 0 aliphatic carbocycles. The summed E-state index contributed by atoms with van der Waals surface area (Å²) in [4.78, 5) is 2.32. The van der Waals surface area contributed by atoms with Gasteiger partial charge in [0.1, 0.15) is 5.52 Å². The Morgan fingerprint density at radius 3 is 1.83 bits per heavy atom. The van der Waals surface area contributed by atoms with Crippen LogP contribution in [0.15, 0.2) is 176 Å². The number of hydrogen-bond acceptors (Lipinski definition) is 3. The number of rotatable bonds is 6. The minimum absolute atomic E-state index is 0.883. The second kappa shape index (κ2) is 11.2. The molecule has 0 spiro atoms. The van der Waals surface area contributed by atoms with E-state index < -0.39 is 0 Å². The van der Waals surface area contributed by atoms with Gasteiger partial charge < -0.3 is 9.47 Å². The van der Waals surface area contributed by atoms with Crippen molar-refractivity contribution >= 4 is 49.9 Å². The van der Waals surface area contributed by atoms with E-state index in [1.54, 1.807) is 0 Å². The highest BCUT2D eigenvalue weighted by Gasteiger charge is 2.17. The third-order valence-corrected chi connectivity index (χ3v) is 8.84. The molecule has 0 amide bonds. The number of hydrogen-bond donors (Lipinski definition) is 0. The van der Waals surface area contributed by atoms with E-state index in [1.807, 2.05) is 28.9 Å². The minimum atomic E-state index is 0.883. The molecule has 0 atom stereocenters. The van der Waals surface area contributed by atoms with Crippen molar-refractivity contribution < 1.29 is 0 Å². The highest BCUT2D eigenvalue weighted by molar-refractivity contribution is 6.10. The third kappa shape index (κ3) is 4.64. The molecule has 7 aromatic carbocycles. The monoisotopic (exact) mass is 603 g/mol. The van der Waals surface area contributed by atoms with E-state index in [1.165, 1.54) is 21.8 Å². The smallest absolute Gasteiger partial charge is 0.113 e. The van der Waals surface area contributed by atoms with Crippen LogP contribution in [-0.2, 0) is 0 Å². The molecule has 222 valence electrons. The van der Waals surface area contributed by atoms with E-state index >= 15 is 0 Å². The van der Waals surface area contributed by atoms with Crippen LogP contribution < -0.4 is 4.90 Å². The van der Waals surface area contributed by atoms with E-state index in [0.717, 1.165) is 50.6 Å². The Morgan fingerprint density at radius 2 is 1.06 bits per heavy atom. The van der Waals surface area contributed by atoms with Crippen molar-refractivity contribution in [1.82, 2.24) is 19.6 Å². The molecular formula is C42H29N5. The molecule has 0 aliphatic rings. The second-order valence-electron chi connectivity index (χ2n) is 11.6. The normalized spacial score (nSPS) is 11.4. The van der Waals surface area contributed by atoms with Crippen molar-refractivity contribution in [3.05, 3.63) is 176 Å². The van der Waals surface area contributed by atoms with Gasteiger partial charge in [0.2, 0.25) is 0 Å². The van der Waals surface area contributed by atoms with Gasteiger partial charge in [0, 0.05) is 33.5 Å². The molecule has 0 saturated carbocycles. The quantitative estimate of drug-likeness (QED) is 0.190. The number of nitrogens with zero attached hydrogens (tertiary/aromatic N) is 5. The largest absolute Gasteiger partial charge is 0.310 e. The van der Waals surface area contributed by atoms with E-state index in [-0.39, 0.29) is 0 Å². The maximum Gasteiger partial charge on any atom is 0.113 e. The maximum atomic E-state index is 4.42. The maximum absolute atomic E-state index is 4.42. The first-order valence-electron chi connectivity index (χ1n) is 15.8. The average molecular weight is 604 g/mol. The van der Waals surface area contributed by atoms with Gasteiger partial charge in [0.15, 0.2) is 0 Å². The molecule has 2 heterocycles. The molecule has 0 radical (unpaired) electrons. The van der Waals surface area contributed by atoms with Crippen LogP contribution in [0, 0.1) is 0 Å². The van der Waals surface area contributed by atoms with E-state index in [4.69, 9.17) is 0 Å². The average Bonchev–Trinajstić information content (AvgIpc) is 3.72. The zero-order valence-electron chi connectivity index (χ0n) is 25.5. The van der Waals surface area contributed by atoms with Crippen molar-refractivity contribution in [3.63, 3.8) is 0 Å². The lowest BCUT2D eigenvalue weighted by Gasteiger charge is -2.25. The van der Waals surface area contributed by atoms with Gasteiger partial charge in [-0.1, -0.05) is 96.2 Å². The standard InChI is InChI=1S/C42H29N5/c1-3-13-32(14-4-1)45(33-15-5-2-6-16-33)35-26-27-41-38(29-35)37-18-7-9-20-40(37)46(41)34-24-22-30(23-25-34)31-12-11-17-36(28-31)47-42-21-10-8-19-39(42)43-44-47/h1-29H. The van der Waals surface area contributed by atoms with Gasteiger partial charge in [-0.25, -0.2) is 4.68 Å². The van der Waals surface area contributed by atoms with Gasteiger partial charge >= 0.3 is 0 Å². The topological polar surface area (TPSA) is 38.9 Å². The lowest BCUT2D eigenvalue weighted by atomic mass is 10.0. The zero-order chi connectivity index (χ0) is 31.2.